The molecule has 0 fully saturated rings. The van der Waals surface area contributed by atoms with Crippen LogP contribution >= 0.6 is 0 Å². The van der Waals surface area contributed by atoms with Crippen LogP contribution in [0.25, 0.3) is 0 Å². The maximum absolute atomic E-state index is 10.4. The zero-order valence-electron chi connectivity index (χ0n) is 16.1. The Balaban J connectivity index is 1.85. The third-order valence-corrected chi connectivity index (χ3v) is 4.63. The molecule has 1 N–H and O–H groups in total. The van der Waals surface area contributed by atoms with Crippen molar-refractivity contribution < 1.29 is 14.6 Å². The van der Waals surface area contributed by atoms with Gasteiger partial charge >= 0.3 is 0 Å². The van der Waals surface area contributed by atoms with Gasteiger partial charge in [-0.05, 0) is 36.6 Å². The second kappa shape index (κ2) is 11.0. The summed E-state index contributed by atoms with van der Waals surface area (Å²) in [7, 11) is 1.67. The summed E-state index contributed by atoms with van der Waals surface area (Å²) >= 11 is 0. The highest BCUT2D eigenvalue weighted by atomic mass is 16.5. The molecule has 2 aromatic carbocycles. The van der Waals surface area contributed by atoms with Crippen LogP contribution in [0, 0.1) is 0 Å². The molecule has 0 spiro atoms. The van der Waals surface area contributed by atoms with E-state index in [4.69, 9.17) is 9.47 Å². The molecule has 0 aliphatic rings. The average molecular weight is 357 g/mol. The second-order valence-electron chi connectivity index (χ2n) is 6.69. The topological polar surface area (TPSA) is 41.9 Å². The minimum absolute atomic E-state index is 0.338. The van der Waals surface area contributed by atoms with Gasteiger partial charge < -0.3 is 14.6 Å². The summed E-state index contributed by atoms with van der Waals surface area (Å²) in [5.74, 6) is 0.859. The Labute approximate surface area is 157 Å². The van der Waals surface area contributed by atoms with Crippen LogP contribution in [0.1, 0.15) is 31.4 Å². The lowest BCUT2D eigenvalue weighted by atomic mass is 10.1. The van der Waals surface area contributed by atoms with Crippen LogP contribution in [0.15, 0.2) is 54.6 Å². The van der Waals surface area contributed by atoms with Crippen molar-refractivity contribution in [2.75, 3.05) is 20.3 Å². The summed E-state index contributed by atoms with van der Waals surface area (Å²) in [4.78, 5) is 2.30. The fourth-order valence-electron chi connectivity index (χ4n) is 2.83. The van der Waals surface area contributed by atoms with Gasteiger partial charge in [0.15, 0.2) is 0 Å². The number of hydrogen-bond acceptors (Lipinski definition) is 4. The predicted octanol–water partition coefficient (Wildman–Crippen LogP) is 3.87. The van der Waals surface area contributed by atoms with Gasteiger partial charge in [0.25, 0.3) is 0 Å². The van der Waals surface area contributed by atoms with E-state index in [-0.39, 0.29) is 0 Å². The van der Waals surface area contributed by atoms with Crippen molar-refractivity contribution in [3.63, 3.8) is 0 Å². The summed E-state index contributed by atoms with van der Waals surface area (Å²) in [5, 5.41) is 10.4. The first-order valence-electron chi connectivity index (χ1n) is 9.29. The van der Waals surface area contributed by atoms with Crippen LogP contribution in [-0.2, 0) is 17.9 Å². The van der Waals surface area contributed by atoms with E-state index < -0.39 is 6.10 Å². The molecule has 4 nitrogen and oxygen atoms in total. The molecule has 0 aromatic heterocycles. The highest BCUT2D eigenvalue weighted by Gasteiger charge is 2.17. The molecule has 0 bridgehead atoms. The lowest BCUT2D eigenvalue weighted by molar-refractivity contribution is 0.00145. The Morgan fingerprint density at radius 2 is 1.69 bits per heavy atom. The van der Waals surface area contributed by atoms with Gasteiger partial charge in [-0.25, -0.2) is 0 Å². The van der Waals surface area contributed by atoms with E-state index in [2.05, 4.69) is 30.9 Å². The highest BCUT2D eigenvalue weighted by molar-refractivity contribution is 5.27. The van der Waals surface area contributed by atoms with E-state index in [1.807, 2.05) is 42.5 Å². The van der Waals surface area contributed by atoms with Crippen LogP contribution in [0.4, 0.5) is 0 Å². The normalized spacial score (nSPS) is 13.6. The molecule has 0 saturated heterocycles. The molecule has 0 unspecified atom stereocenters. The van der Waals surface area contributed by atoms with E-state index >= 15 is 0 Å². The molecule has 26 heavy (non-hydrogen) atoms. The van der Waals surface area contributed by atoms with Gasteiger partial charge in [-0.15, -0.1) is 0 Å². The maximum atomic E-state index is 10.4. The third kappa shape index (κ3) is 6.79. The fraction of sp³-hybridized carbons (Fsp3) is 0.455. The molecule has 142 valence electrons. The van der Waals surface area contributed by atoms with E-state index in [9.17, 15) is 5.11 Å². The number of rotatable bonds is 11. The number of ether oxygens (including phenoxy) is 2. The van der Waals surface area contributed by atoms with Crippen LogP contribution in [0.2, 0.25) is 0 Å². The molecule has 0 heterocycles. The number of hydrogen-bond donors (Lipinski definition) is 1. The monoisotopic (exact) mass is 357 g/mol. The Morgan fingerprint density at radius 1 is 1.00 bits per heavy atom. The molecule has 0 amide bonds. The van der Waals surface area contributed by atoms with Crippen LogP contribution in [-0.4, -0.2) is 42.4 Å². The lowest BCUT2D eigenvalue weighted by Crippen LogP contribution is -2.39. The van der Waals surface area contributed by atoms with Crippen molar-refractivity contribution >= 4 is 0 Å². The molecule has 0 aliphatic carbocycles. The van der Waals surface area contributed by atoms with Crippen LogP contribution < -0.4 is 4.74 Å². The van der Waals surface area contributed by atoms with Gasteiger partial charge in [-0.2, -0.15) is 0 Å². The summed E-state index contributed by atoms with van der Waals surface area (Å²) in [6.45, 7) is 6.62. The van der Waals surface area contributed by atoms with Gasteiger partial charge in [0.05, 0.1) is 26.4 Å². The van der Waals surface area contributed by atoms with Gasteiger partial charge in [-0.1, -0.05) is 49.4 Å². The van der Waals surface area contributed by atoms with Crippen LogP contribution in [0.5, 0.6) is 5.75 Å². The average Bonchev–Trinajstić information content (AvgIpc) is 2.68. The maximum Gasteiger partial charge on any atom is 0.118 e. The first-order chi connectivity index (χ1) is 12.6. The lowest BCUT2D eigenvalue weighted by Gasteiger charge is -2.30. The van der Waals surface area contributed by atoms with Gasteiger partial charge in [-0.3, -0.25) is 4.90 Å². The minimum Gasteiger partial charge on any atom is -0.497 e. The van der Waals surface area contributed by atoms with E-state index in [0.29, 0.717) is 25.8 Å². The van der Waals surface area contributed by atoms with Crippen molar-refractivity contribution in [3.05, 3.63) is 65.7 Å². The van der Waals surface area contributed by atoms with Crippen molar-refractivity contribution in [2.24, 2.45) is 0 Å². The van der Waals surface area contributed by atoms with Gasteiger partial charge in [0, 0.05) is 19.1 Å². The molecular formula is C22H31NO3. The van der Waals surface area contributed by atoms with Crippen molar-refractivity contribution in [1.29, 1.82) is 0 Å². The van der Waals surface area contributed by atoms with Crippen LogP contribution in [0.3, 0.4) is 0 Å². The molecule has 2 aromatic rings. The smallest absolute Gasteiger partial charge is 0.118 e. The molecule has 2 rings (SSSR count). The third-order valence-electron chi connectivity index (χ3n) is 4.63. The fourth-order valence-corrected chi connectivity index (χ4v) is 2.83. The Kier molecular flexibility index (Phi) is 8.62. The second-order valence-corrected chi connectivity index (χ2v) is 6.69. The molecule has 0 saturated carbocycles. The van der Waals surface area contributed by atoms with E-state index in [1.54, 1.807) is 7.11 Å². The number of methoxy groups -OCH3 is 1. The molecule has 2 atom stereocenters. The summed E-state index contributed by atoms with van der Waals surface area (Å²) in [6, 6.07) is 18.5. The quantitative estimate of drug-likeness (QED) is 0.663. The number of nitrogens with zero attached hydrogens (tertiary/aromatic N) is 1. The van der Waals surface area contributed by atoms with E-state index in [0.717, 1.165) is 24.3 Å². The minimum atomic E-state index is -0.508. The largest absolute Gasteiger partial charge is 0.497 e. The zero-order chi connectivity index (χ0) is 18.8. The Bertz CT molecular complexity index is 615. The molecular weight excluding hydrogens is 326 g/mol. The summed E-state index contributed by atoms with van der Waals surface area (Å²) in [6.07, 6.45) is 0.527. The number of benzene rings is 2. The summed E-state index contributed by atoms with van der Waals surface area (Å²) in [5.41, 5.74) is 2.33. The molecule has 0 radical (unpaired) electrons. The first kappa shape index (κ1) is 20.4. The van der Waals surface area contributed by atoms with Crippen molar-refractivity contribution in [2.45, 2.75) is 45.6 Å². The SMILES string of the molecule is CC[C@@H](C)N(Cc1ccc(OC)cc1)C[C@H](O)COCc1ccccc1. The van der Waals surface area contributed by atoms with E-state index in [1.165, 1.54) is 5.56 Å². The highest BCUT2D eigenvalue weighted by Crippen LogP contribution is 2.16. The Morgan fingerprint density at radius 3 is 2.31 bits per heavy atom. The first-order valence-corrected chi connectivity index (χ1v) is 9.29. The Hall–Kier alpha value is -1.88. The molecule has 0 aliphatic heterocycles. The predicted molar refractivity (Wildman–Crippen MR) is 105 cm³/mol. The van der Waals surface area contributed by atoms with Crippen molar-refractivity contribution in [1.82, 2.24) is 4.90 Å². The standard InChI is InChI=1S/C22H31NO3/c1-4-18(2)23(14-19-10-12-22(25-3)13-11-19)15-21(24)17-26-16-20-8-6-5-7-9-20/h5-13,18,21,24H,4,14-17H2,1-3H3/t18-,21+/m1/s1. The molecule has 4 heteroatoms. The number of aliphatic hydroxyl groups is 1. The van der Waals surface area contributed by atoms with Gasteiger partial charge in [0.2, 0.25) is 0 Å². The summed E-state index contributed by atoms with van der Waals surface area (Å²) < 4.78 is 10.9. The van der Waals surface area contributed by atoms with Crippen molar-refractivity contribution in [3.8, 4) is 5.75 Å². The number of aliphatic hydroxyl groups excluding tert-OH is 1. The van der Waals surface area contributed by atoms with Gasteiger partial charge in [0.1, 0.15) is 5.75 Å². The zero-order valence-corrected chi connectivity index (χ0v) is 16.1.